The van der Waals surface area contributed by atoms with E-state index in [1.54, 1.807) is 54.6 Å². The van der Waals surface area contributed by atoms with Gasteiger partial charge < -0.3 is 22.1 Å². The van der Waals surface area contributed by atoms with Crippen molar-refractivity contribution in [1.82, 2.24) is 10.3 Å². The molecule has 0 radical (unpaired) electrons. The molecule has 7 nitrogen and oxygen atoms in total. The van der Waals surface area contributed by atoms with Crippen LogP contribution in [0.4, 0.5) is 17.2 Å². The molecule has 0 saturated heterocycles. The van der Waals surface area contributed by atoms with Crippen molar-refractivity contribution >= 4 is 35.1 Å². The maximum atomic E-state index is 12.3. The van der Waals surface area contributed by atoms with Gasteiger partial charge in [-0.05, 0) is 47.5 Å². The number of nitrogen functional groups attached to an aromatic ring is 2. The fraction of sp³-hybridized carbons (Fsp3) is 0.0455. The first-order chi connectivity index (χ1) is 14.0. The normalized spacial score (nSPS) is 10.6. The molecule has 0 aliphatic heterocycles. The SMILES string of the molecule is Nc1ccc(/C=C/C(=O)NCc2ccc(C(=O)Nc3ccnc(N)c3)cc2)cc1. The zero-order chi connectivity index (χ0) is 20.6. The Morgan fingerprint density at radius 2 is 1.69 bits per heavy atom. The lowest BCUT2D eigenvalue weighted by Gasteiger charge is -2.07. The molecule has 0 aliphatic rings. The third kappa shape index (κ3) is 5.93. The third-order valence-corrected chi connectivity index (χ3v) is 4.09. The number of rotatable bonds is 6. The van der Waals surface area contributed by atoms with Crippen LogP contribution in [-0.4, -0.2) is 16.8 Å². The second-order valence-corrected chi connectivity index (χ2v) is 6.34. The number of carbonyl (C=O) groups excluding carboxylic acids is 2. The Balaban J connectivity index is 1.51. The van der Waals surface area contributed by atoms with E-state index in [-0.39, 0.29) is 11.8 Å². The Morgan fingerprint density at radius 3 is 2.38 bits per heavy atom. The van der Waals surface area contributed by atoms with Crippen molar-refractivity contribution in [1.29, 1.82) is 0 Å². The fourth-order valence-corrected chi connectivity index (χ4v) is 2.53. The molecule has 0 saturated carbocycles. The second-order valence-electron chi connectivity index (χ2n) is 6.34. The van der Waals surface area contributed by atoms with Gasteiger partial charge in [0.2, 0.25) is 5.91 Å². The summed E-state index contributed by atoms with van der Waals surface area (Å²) in [6.45, 7) is 0.355. The lowest BCUT2D eigenvalue weighted by atomic mass is 10.1. The quantitative estimate of drug-likeness (QED) is 0.383. The number of hydrogen-bond donors (Lipinski definition) is 4. The van der Waals surface area contributed by atoms with Crippen LogP contribution >= 0.6 is 0 Å². The van der Waals surface area contributed by atoms with Gasteiger partial charge in [0.1, 0.15) is 5.82 Å². The molecule has 0 atom stereocenters. The summed E-state index contributed by atoms with van der Waals surface area (Å²) >= 11 is 0. The highest BCUT2D eigenvalue weighted by Gasteiger charge is 2.07. The van der Waals surface area contributed by atoms with Crippen molar-refractivity contribution in [2.45, 2.75) is 6.54 Å². The Hall–Kier alpha value is -4.13. The molecule has 0 fully saturated rings. The van der Waals surface area contributed by atoms with Gasteiger partial charge in [-0.15, -0.1) is 0 Å². The molecule has 7 heteroatoms. The summed E-state index contributed by atoms with van der Waals surface area (Å²) in [7, 11) is 0. The monoisotopic (exact) mass is 387 g/mol. The molecule has 0 bridgehead atoms. The molecule has 0 spiro atoms. The van der Waals surface area contributed by atoms with Crippen molar-refractivity contribution in [2.75, 3.05) is 16.8 Å². The predicted molar refractivity (Wildman–Crippen MR) is 115 cm³/mol. The molecule has 2 aromatic carbocycles. The number of carbonyl (C=O) groups is 2. The summed E-state index contributed by atoms with van der Waals surface area (Å²) in [4.78, 5) is 28.1. The van der Waals surface area contributed by atoms with Gasteiger partial charge in [0, 0.05) is 41.8 Å². The minimum Gasteiger partial charge on any atom is -0.399 e. The average Bonchev–Trinajstić information content (AvgIpc) is 2.72. The van der Waals surface area contributed by atoms with E-state index in [2.05, 4.69) is 15.6 Å². The smallest absolute Gasteiger partial charge is 0.255 e. The predicted octanol–water partition coefficient (Wildman–Crippen LogP) is 2.83. The molecule has 1 aromatic heterocycles. The second kappa shape index (κ2) is 9.18. The van der Waals surface area contributed by atoms with Gasteiger partial charge in [0.15, 0.2) is 0 Å². The van der Waals surface area contributed by atoms with Crippen LogP contribution in [0.3, 0.4) is 0 Å². The molecule has 6 N–H and O–H groups in total. The standard InChI is InChI=1S/C22H21N5O2/c23-18-8-3-15(4-9-18)5-10-21(28)26-14-16-1-6-17(7-2-16)22(29)27-19-11-12-25-20(24)13-19/h1-13H,14,23H2,(H,26,28)(H3,24,25,27,29)/b10-5+. The van der Waals surface area contributed by atoms with Gasteiger partial charge in [0.05, 0.1) is 0 Å². The van der Waals surface area contributed by atoms with Crippen molar-refractivity contribution in [3.8, 4) is 0 Å². The molecule has 2 amide bonds. The fourth-order valence-electron chi connectivity index (χ4n) is 2.53. The molecular formula is C22H21N5O2. The van der Waals surface area contributed by atoms with E-state index in [1.165, 1.54) is 12.3 Å². The molecule has 3 rings (SSSR count). The van der Waals surface area contributed by atoms with E-state index < -0.39 is 0 Å². The number of anilines is 3. The first-order valence-corrected chi connectivity index (χ1v) is 8.93. The Bertz CT molecular complexity index is 1030. The number of aromatic nitrogens is 1. The molecule has 0 unspecified atom stereocenters. The van der Waals surface area contributed by atoms with Crippen molar-refractivity contribution in [3.63, 3.8) is 0 Å². The van der Waals surface area contributed by atoms with Crippen LogP contribution in [0, 0.1) is 0 Å². The number of nitrogens with zero attached hydrogens (tertiary/aromatic N) is 1. The maximum Gasteiger partial charge on any atom is 0.255 e. The van der Waals surface area contributed by atoms with Crippen LogP contribution in [0.25, 0.3) is 6.08 Å². The Kier molecular flexibility index (Phi) is 6.22. The van der Waals surface area contributed by atoms with Gasteiger partial charge in [-0.1, -0.05) is 24.3 Å². The highest BCUT2D eigenvalue weighted by Crippen LogP contribution is 2.12. The number of nitrogens with one attached hydrogen (secondary N) is 2. The molecule has 0 aliphatic carbocycles. The number of nitrogens with two attached hydrogens (primary N) is 2. The largest absolute Gasteiger partial charge is 0.399 e. The minimum atomic E-state index is -0.252. The summed E-state index contributed by atoms with van der Waals surface area (Å²) < 4.78 is 0. The lowest BCUT2D eigenvalue weighted by molar-refractivity contribution is -0.116. The zero-order valence-electron chi connectivity index (χ0n) is 15.6. The molecule has 146 valence electrons. The minimum absolute atomic E-state index is 0.209. The van der Waals surface area contributed by atoms with Crippen molar-refractivity contribution < 1.29 is 9.59 Å². The summed E-state index contributed by atoms with van der Waals surface area (Å²) in [5.41, 5.74) is 14.8. The van der Waals surface area contributed by atoms with E-state index in [1.807, 2.05) is 12.1 Å². The highest BCUT2D eigenvalue weighted by atomic mass is 16.2. The van der Waals surface area contributed by atoms with Crippen molar-refractivity contribution in [3.05, 3.63) is 89.6 Å². The number of pyridine rings is 1. The molecular weight excluding hydrogens is 366 g/mol. The zero-order valence-corrected chi connectivity index (χ0v) is 15.6. The number of hydrogen-bond acceptors (Lipinski definition) is 5. The first-order valence-electron chi connectivity index (χ1n) is 8.93. The van der Waals surface area contributed by atoms with E-state index in [4.69, 9.17) is 11.5 Å². The summed E-state index contributed by atoms with van der Waals surface area (Å²) in [5.74, 6) is -0.129. The molecule has 3 aromatic rings. The summed E-state index contributed by atoms with van der Waals surface area (Å²) in [6, 6.07) is 17.5. The van der Waals surface area contributed by atoms with Gasteiger partial charge in [-0.25, -0.2) is 4.98 Å². The van der Waals surface area contributed by atoms with Gasteiger partial charge in [-0.2, -0.15) is 0 Å². The highest BCUT2D eigenvalue weighted by molar-refractivity contribution is 6.04. The van der Waals surface area contributed by atoms with Crippen LogP contribution < -0.4 is 22.1 Å². The molecule has 29 heavy (non-hydrogen) atoms. The maximum absolute atomic E-state index is 12.3. The van der Waals surface area contributed by atoms with Crippen LogP contribution in [0.1, 0.15) is 21.5 Å². The Morgan fingerprint density at radius 1 is 0.966 bits per heavy atom. The topological polar surface area (TPSA) is 123 Å². The van der Waals surface area contributed by atoms with Gasteiger partial charge in [-0.3, -0.25) is 9.59 Å². The van der Waals surface area contributed by atoms with Crippen LogP contribution in [0.2, 0.25) is 0 Å². The Labute approximate surface area is 168 Å². The number of amides is 2. The van der Waals surface area contributed by atoms with Crippen LogP contribution in [0.15, 0.2) is 72.9 Å². The molecule has 1 heterocycles. The van der Waals surface area contributed by atoms with E-state index in [9.17, 15) is 9.59 Å². The summed E-state index contributed by atoms with van der Waals surface area (Å²) in [5, 5.41) is 5.56. The van der Waals surface area contributed by atoms with Crippen LogP contribution in [-0.2, 0) is 11.3 Å². The first kappa shape index (κ1) is 19.6. The van der Waals surface area contributed by atoms with Crippen molar-refractivity contribution in [2.24, 2.45) is 0 Å². The van der Waals surface area contributed by atoms with Gasteiger partial charge >= 0.3 is 0 Å². The summed E-state index contributed by atoms with van der Waals surface area (Å²) in [6.07, 6.45) is 4.71. The van der Waals surface area contributed by atoms with Gasteiger partial charge in [0.25, 0.3) is 5.91 Å². The number of benzene rings is 2. The lowest BCUT2D eigenvalue weighted by Crippen LogP contribution is -2.20. The average molecular weight is 387 g/mol. The van der Waals surface area contributed by atoms with E-state index >= 15 is 0 Å². The van der Waals surface area contributed by atoms with E-state index in [0.717, 1.165) is 11.1 Å². The third-order valence-electron chi connectivity index (χ3n) is 4.09. The van der Waals surface area contributed by atoms with E-state index in [0.29, 0.717) is 29.3 Å². The van der Waals surface area contributed by atoms with Crippen LogP contribution in [0.5, 0.6) is 0 Å².